The predicted molar refractivity (Wildman–Crippen MR) is 120 cm³/mol. The molecule has 6 heteroatoms. The van der Waals surface area contributed by atoms with E-state index in [-0.39, 0.29) is 18.3 Å². The summed E-state index contributed by atoms with van der Waals surface area (Å²) >= 11 is 0. The van der Waals surface area contributed by atoms with Crippen molar-refractivity contribution in [3.05, 3.63) is 83.9 Å². The molecule has 0 aliphatic heterocycles. The number of ether oxygens (including phenoxy) is 2. The number of anilines is 1. The van der Waals surface area contributed by atoms with Gasteiger partial charge in [-0.05, 0) is 53.9 Å². The predicted octanol–water partition coefficient (Wildman–Crippen LogP) is 5.79. The number of hydrogen-bond acceptors (Lipinski definition) is 5. The fourth-order valence-corrected chi connectivity index (χ4v) is 3.17. The summed E-state index contributed by atoms with van der Waals surface area (Å²) in [6, 6.07) is 18.8. The first-order valence-electron chi connectivity index (χ1n) is 10.1. The van der Waals surface area contributed by atoms with E-state index in [1.807, 2.05) is 36.4 Å². The summed E-state index contributed by atoms with van der Waals surface area (Å²) in [6.45, 7) is 4.54. The third-order valence-corrected chi connectivity index (χ3v) is 4.96. The fraction of sp³-hybridized carbons (Fsp3) is 0.200. The number of methoxy groups -OCH3 is 1. The maximum atomic E-state index is 12.5. The van der Waals surface area contributed by atoms with Gasteiger partial charge in [-0.25, -0.2) is 0 Å². The Morgan fingerprint density at radius 2 is 1.81 bits per heavy atom. The summed E-state index contributed by atoms with van der Waals surface area (Å²) in [5, 5.41) is 3.71. The molecule has 1 N–H and O–H groups in total. The molecule has 2 aromatic heterocycles. The van der Waals surface area contributed by atoms with Gasteiger partial charge in [-0.1, -0.05) is 26.0 Å². The average Bonchev–Trinajstić information content (AvgIpc) is 3.27. The summed E-state index contributed by atoms with van der Waals surface area (Å²) in [5.74, 6) is 2.40. The summed E-state index contributed by atoms with van der Waals surface area (Å²) < 4.78 is 16.6. The normalized spacial score (nSPS) is 11.0. The average molecular weight is 416 g/mol. The lowest BCUT2D eigenvalue weighted by atomic mass is 10.0. The Hall–Kier alpha value is -3.80. The lowest BCUT2D eigenvalue weighted by Gasteiger charge is -2.08. The van der Waals surface area contributed by atoms with Gasteiger partial charge in [0, 0.05) is 11.5 Å². The number of carbonyl (C=O) groups excluding carboxylic acids is 1. The van der Waals surface area contributed by atoms with Crippen LogP contribution >= 0.6 is 0 Å². The first-order chi connectivity index (χ1) is 15.0. The zero-order chi connectivity index (χ0) is 21.8. The van der Waals surface area contributed by atoms with Crippen LogP contribution < -0.4 is 14.8 Å². The van der Waals surface area contributed by atoms with Gasteiger partial charge in [0.1, 0.15) is 23.9 Å². The molecule has 0 fully saturated rings. The van der Waals surface area contributed by atoms with Gasteiger partial charge >= 0.3 is 0 Å². The van der Waals surface area contributed by atoms with E-state index in [9.17, 15) is 4.79 Å². The highest BCUT2D eigenvalue weighted by Crippen LogP contribution is 2.23. The number of pyridine rings is 1. The Morgan fingerprint density at radius 3 is 2.55 bits per heavy atom. The van der Waals surface area contributed by atoms with Crippen molar-refractivity contribution in [2.24, 2.45) is 0 Å². The fourth-order valence-electron chi connectivity index (χ4n) is 3.17. The Balaban J connectivity index is 1.38. The van der Waals surface area contributed by atoms with Gasteiger partial charge in [0.2, 0.25) is 0 Å². The molecule has 0 spiro atoms. The van der Waals surface area contributed by atoms with Crippen LogP contribution in [0.25, 0.3) is 10.9 Å². The molecule has 158 valence electrons. The number of nitrogens with one attached hydrogen (secondary N) is 1. The van der Waals surface area contributed by atoms with Crippen LogP contribution in [-0.2, 0) is 6.61 Å². The van der Waals surface area contributed by atoms with E-state index in [2.05, 4.69) is 36.3 Å². The van der Waals surface area contributed by atoms with Crippen molar-refractivity contribution in [3.63, 3.8) is 0 Å². The number of rotatable bonds is 7. The molecule has 0 unspecified atom stereocenters. The van der Waals surface area contributed by atoms with E-state index in [0.717, 1.165) is 22.4 Å². The quantitative estimate of drug-likeness (QED) is 0.413. The van der Waals surface area contributed by atoms with Gasteiger partial charge in [0.15, 0.2) is 5.76 Å². The second-order valence-corrected chi connectivity index (χ2v) is 7.52. The molecular formula is C25H24N2O4. The molecule has 4 rings (SSSR count). The number of aromatic nitrogens is 1. The number of carbonyl (C=O) groups is 1. The second kappa shape index (κ2) is 8.92. The van der Waals surface area contributed by atoms with Gasteiger partial charge in [-0.15, -0.1) is 0 Å². The Kier molecular flexibility index (Phi) is 5.89. The largest absolute Gasteiger partial charge is 0.497 e. The number of fused-ring (bicyclic) bond motifs is 1. The van der Waals surface area contributed by atoms with Crippen LogP contribution in [0.15, 0.2) is 71.3 Å². The monoisotopic (exact) mass is 416 g/mol. The third kappa shape index (κ3) is 4.86. The molecule has 0 bridgehead atoms. The van der Waals surface area contributed by atoms with Crippen molar-refractivity contribution in [3.8, 4) is 11.5 Å². The summed E-state index contributed by atoms with van der Waals surface area (Å²) in [7, 11) is 1.61. The third-order valence-electron chi connectivity index (χ3n) is 4.96. The smallest absolute Gasteiger partial charge is 0.291 e. The highest BCUT2D eigenvalue weighted by molar-refractivity contribution is 6.03. The number of nitrogens with zero attached hydrogens (tertiary/aromatic N) is 1. The number of hydrogen-bond donors (Lipinski definition) is 1. The summed E-state index contributed by atoms with van der Waals surface area (Å²) in [4.78, 5) is 16.9. The van der Waals surface area contributed by atoms with E-state index in [4.69, 9.17) is 13.9 Å². The highest BCUT2D eigenvalue weighted by atomic mass is 16.5. The molecule has 4 aromatic rings. The van der Waals surface area contributed by atoms with E-state index >= 15 is 0 Å². The van der Waals surface area contributed by atoms with Crippen LogP contribution in [0.4, 0.5) is 5.69 Å². The molecule has 0 aliphatic rings. The van der Waals surface area contributed by atoms with Crippen molar-refractivity contribution < 1.29 is 18.7 Å². The SMILES string of the molecule is COc1ccc2cc(NC(=O)c3ccc(COc4ccc(C(C)C)cc4)o3)cnc2c1. The molecule has 0 aliphatic carbocycles. The van der Waals surface area contributed by atoms with Crippen LogP contribution in [0.1, 0.15) is 41.6 Å². The topological polar surface area (TPSA) is 73.6 Å². The van der Waals surface area contributed by atoms with Crippen LogP contribution in [0, 0.1) is 0 Å². The van der Waals surface area contributed by atoms with Gasteiger partial charge in [0.25, 0.3) is 5.91 Å². The van der Waals surface area contributed by atoms with E-state index in [1.54, 1.807) is 25.4 Å². The van der Waals surface area contributed by atoms with Crippen molar-refractivity contribution in [1.82, 2.24) is 4.98 Å². The molecule has 2 heterocycles. The standard InChI is InChI=1S/C25H24N2O4/c1-16(2)17-4-7-20(8-5-17)30-15-22-10-11-24(31-22)25(28)27-19-12-18-6-9-21(29-3)13-23(18)26-14-19/h4-14,16H,15H2,1-3H3,(H,27,28). The zero-order valence-corrected chi connectivity index (χ0v) is 17.7. The second-order valence-electron chi connectivity index (χ2n) is 7.52. The minimum atomic E-state index is -0.345. The molecule has 1 amide bonds. The van der Waals surface area contributed by atoms with Crippen molar-refractivity contribution in [2.45, 2.75) is 26.4 Å². The molecule has 0 atom stereocenters. The number of amides is 1. The molecule has 0 radical (unpaired) electrons. The lowest BCUT2D eigenvalue weighted by Crippen LogP contribution is -2.11. The number of furan rings is 1. The summed E-state index contributed by atoms with van der Waals surface area (Å²) in [6.07, 6.45) is 1.60. The lowest BCUT2D eigenvalue weighted by molar-refractivity contribution is 0.0992. The van der Waals surface area contributed by atoms with Crippen molar-refractivity contribution in [2.75, 3.05) is 12.4 Å². The molecule has 31 heavy (non-hydrogen) atoms. The maximum absolute atomic E-state index is 12.5. The Labute approximate surface area is 180 Å². The first-order valence-corrected chi connectivity index (χ1v) is 10.1. The first kappa shape index (κ1) is 20.5. The van der Waals surface area contributed by atoms with Crippen molar-refractivity contribution >= 4 is 22.5 Å². The zero-order valence-electron chi connectivity index (χ0n) is 17.7. The Morgan fingerprint density at radius 1 is 1.03 bits per heavy atom. The van der Waals surface area contributed by atoms with E-state index in [1.165, 1.54) is 5.56 Å². The van der Waals surface area contributed by atoms with Crippen LogP contribution in [0.3, 0.4) is 0 Å². The highest BCUT2D eigenvalue weighted by Gasteiger charge is 2.13. The van der Waals surface area contributed by atoms with Gasteiger partial charge in [-0.2, -0.15) is 0 Å². The van der Waals surface area contributed by atoms with Gasteiger partial charge < -0.3 is 19.2 Å². The maximum Gasteiger partial charge on any atom is 0.291 e. The van der Waals surface area contributed by atoms with Crippen molar-refractivity contribution in [1.29, 1.82) is 0 Å². The van der Waals surface area contributed by atoms with Gasteiger partial charge in [0.05, 0.1) is 24.5 Å². The van der Waals surface area contributed by atoms with E-state index < -0.39 is 0 Å². The van der Waals surface area contributed by atoms with Gasteiger partial charge in [-0.3, -0.25) is 9.78 Å². The minimum absolute atomic E-state index is 0.212. The molecule has 2 aromatic carbocycles. The van der Waals surface area contributed by atoms with E-state index in [0.29, 0.717) is 17.4 Å². The summed E-state index contributed by atoms with van der Waals surface area (Å²) in [5.41, 5.74) is 2.63. The molecule has 6 nitrogen and oxygen atoms in total. The number of benzene rings is 2. The van der Waals surface area contributed by atoms with Crippen LogP contribution in [-0.4, -0.2) is 18.0 Å². The van der Waals surface area contributed by atoms with Crippen LogP contribution in [0.5, 0.6) is 11.5 Å². The molecule has 0 saturated carbocycles. The molecule has 0 saturated heterocycles. The molecular weight excluding hydrogens is 392 g/mol. The minimum Gasteiger partial charge on any atom is -0.497 e. The van der Waals surface area contributed by atoms with Crippen LogP contribution in [0.2, 0.25) is 0 Å². The Bertz CT molecular complexity index is 1200.